The molecule has 0 spiro atoms. The van der Waals surface area contributed by atoms with Crippen molar-refractivity contribution in [3.05, 3.63) is 42.1 Å². The van der Waals surface area contributed by atoms with Crippen molar-refractivity contribution in [3.63, 3.8) is 0 Å². The molecule has 0 atom stereocenters. The van der Waals surface area contributed by atoms with Crippen molar-refractivity contribution in [2.75, 3.05) is 13.2 Å². The minimum atomic E-state index is 0.00997. The van der Waals surface area contributed by atoms with Crippen LogP contribution in [0.4, 0.5) is 0 Å². The van der Waals surface area contributed by atoms with Crippen LogP contribution in [0.25, 0.3) is 11.3 Å². The SMILES string of the molecule is CC(C)(CO)CCCNCc1cc(-c2ccccc2)on1. The Morgan fingerprint density at radius 2 is 2.00 bits per heavy atom. The van der Waals surface area contributed by atoms with Crippen molar-refractivity contribution in [3.8, 4) is 11.3 Å². The van der Waals surface area contributed by atoms with Crippen LogP contribution in [0.2, 0.25) is 0 Å². The zero-order valence-electron chi connectivity index (χ0n) is 12.8. The van der Waals surface area contributed by atoms with Gasteiger partial charge >= 0.3 is 0 Å². The molecule has 0 aliphatic carbocycles. The fraction of sp³-hybridized carbons (Fsp3) is 0.471. The second-order valence-corrected chi connectivity index (χ2v) is 6.15. The van der Waals surface area contributed by atoms with Gasteiger partial charge in [-0.2, -0.15) is 0 Å². The summed E-state index contributed by atoms with van der Waals surface area (Å²) in [6.07, 6.45) is 2.04. The summed E-state index contributed by atoms with van der Waals surface area (Å²) in [5, 5.41) is 16.6. The van der Waals surface area contributed by atoms with Crippen LogP contribution in [0, 0.1) is 5.41 Å². The minimum absolute atomic E-state index is 0.00997. The van der Waals surface area contributed by atoms with E-state index in [-0.39, 0.29) is 12.0 Å². The van der Waals surface area contributed by atoms with Gasteiger partial charge in [0.1, 0.15) is 0 Å². The van der Waals surface area contributed by atoms with E-state index in [1.54, 1.807) is 0 Å². The lowest BCUT2D eigenvalue weighted by molar-refractivity contribution is 0.148. The predicted octanol–water partition coefficient (Wildman–Crippen LogP) is 3.23. The highest BCUT2D eigenvalue weighted by atomic mass is 16.5. The smallest absolute Gasteiger partial charge is 0.167 e. The highest BCUT2D eigenvalue weighted by Crippen LogP contribution is 2.21. The molecular weight excluding hydrogens is 264 g/mol. The van der Waals surface area contributed by atoms with E-state index in [9.17, 15) is 5.11 Å². The lowest BCUT2D eigenvalue weighted by Gasteiger charge is -2.21. The Morgan fingerprint density at radius 3 is 2.71 bits per heavy atom. The Balaban J connectivity index is 1.74. The fourth-order valence-corrected chi connectivity index (χ4v) is 2.12. The van der Waals surface area contributed by atoms with Gasteiger partial charge in [-0.3, -0.25) is 0 Å². The molecule has 0 saturated heterocycles. The molecule has 1 aromatic carbocycles. The van der Waals surface area contributed by atoms with Gasteiger partial charge in [0.05, 0.1) is 5.69 Å². The summed E-state index contributed by atoms with van der Waals surface area (Å²) in [7, 11) is 0. The van der Waals surface area contributed by atoms with Gasteiger partial charge in [-0.15, -0.1) is 0 Å². The molecule has 114 valence electrons. The van der Waals surface area contributed by atoms with Gasteiger partial charge in [-0.05, 0) is 24.8 Å². The molecule has 0 bridgehead atoms. The van der Waals surface area contributed by atoms with E-state index in [0.717, 1.165) is 36.4 Å². The van der Waals surface area contributed by atoms with E-state index in [0.29, 0.717) is 6.54 Å². The monoisotopic (exact) mass is 288 g/mol. The van der Waals surface area contributed by atoms with Gasteiger partial charge in [0, 0.05) is 24.8 Å². The lowest BCUT2D eigenvalue weighted by atomic mass is 9.89. The average Bonchev–Trinajstić information content (AvgIpc) is 2.97. The van der Waals surface area contributed by atoms with E-state index in [4.69, 9.17) is 4.52 Å². The molecule has 0 saturated carbocycles. The molecule has 0 aliphatic heterocycles. The average molecular weight is 288 g/mol. The molecule has 2 N–H and O–H groups in total. The van der Waals surface area contributed by atoms with Crippen LogP contribution in [-0.4, -0.2) is 23.4 Å². The van der Waals surface area contributed by atoms with E-state index < -0.39 is 0 Å². The maximum Gasteiger partial charge on any atom is 0.167 e. The van der Waals surface area contributed by atoms with Crippen molar-refractivity contribution in [1.82, 2.24) is 10.5 Å². The highest BCUT2D eigenvalue weighted by Gasteiger charge is 2.15. The van der Waals surface area contributed by atoms with Gasteiger partial charge in [0.2, 0.25) is 0 Å². The third kappa shape index (κ3) is 4.99. The van der Waals surface area contributed by atoms with Gasteiger partial charge in [-0.1, -0.05) is 49.3 Å². The standard InChI is InChI=1S/C17H24N2O2/c1-17(2,13-20)9-6-10-18-12-15-11-16(21-19-15)14-7-4-3-5-8-14/h3-5,7-8,11,18,20H,6,9-10,12-13H2,1-2H3. The first-order chi connectivity index (χ1) is 10.1. The van der Waals surface area contributed by atoms with Crippen molar-refractivity contribution < 1.29 is 9.63 Å². The van der Waals surface area contributed by atoms with Crippen molar-refractivity contribution in [1.29, 1.82) is 0 Å². The maximum atomic E-state index is 9.20. The first kappa shape index (κ1) is 15.7. The third-order valence-corrected chi connectivity index (χ3v) is 3.56. The normalized spacial score (nSPS) is 11.8. The number of aromatic nitrogens is 1. The Kier molecular flexibility index (Phi) is 5.53. The van der Waals surface area contributed by atoms with Crippen LogP contribution < -0.4 is 5.32 Å². The number of hydrogen-bond donors (Lipinski definition) is 2. The summed E-state index contributed by atoms with van der Waals surface area (Å²) in [5.74, 6) is 0.800. The zero-order chi connectivity index (χ0) is 15.1. The van der Waals surface area contributed by atoms with Gasteiger partial charge in [0.25, 0.3) is 0 Å². The second kappa shape index (κ2) is 7.38. The van der Waals surface area contributed by atoms with Crippen LogP contribution in [0.3, 0.4) is 0 Å². The molecule has 0 fully saturated rings. The Hall–Kier alpha value is -1.65. The first-order valence-electron chi connectivity index (χ1n) is 7.43. The summed E-state index contributed by atoms with van der Waals surface area (Å²) >= 11 is 0. The van der Waals surface area contributed by atoms with Crippen molar-refractivity contribution in [2.24, 2.45) is 5.41 Å². The molecule has 4 heteroatoms. The Labute approximate surface area is 126 Å². The van der Waals surface area contributed by atoms with Crippen LogP contribution in [-0.2, 0) is 6.54 Å². The van der Waals surface area contributed by atoms with Crippen LogP contribution in [0.1, 0.15) is 32.4 Å². The Morgan fingerprint density at radius 1 is 1.24 bits per heavy atom. The fourth-order valence-electron chi connectivity index (χ4n) is 2.12. The minimum Gasteiger partial charge on any atom is -0.396 e. The molecule has 2 rings (SSSR count). The summed E-state index contributed by atoms with van der Waals surface area (Å²) in [6.45, 7) is 6.01. The topological polar surface area (TPSA) is 58.3 Å². The molecule has 0 unspecified atom stereocenters. The zero-order valence-corrected chi connectivity index (χ0v) is 12.8. The largest absolute Gasteiger partial charge is 0.396 e. The van der Waals surface area contributed by atoms with Gasteiger partial charge < -0.3 is 14.9 Å². The third-order valence-electron chi connectivity index (χ3n) is 3.56. The van der Waals surface area contributed by atoms with Crippen LogP contribution in [0.15, 0.2) is 40.9 Å². The molecule has 1 heterocycles. The predicted molar refractivity (Wildman–Crippen MR) is 83.7 cm³/mol. The molecule has 0 radical (unpaired) electrons. The number of aliphatic hydroxyl groups excluding tert-OH is 1. The Bertz CT molecular complexity index is 535. The number of aliphatic hydroxyl groups is 1. The molecule has 0 aliphatic rings. The van der Waals surface area contributed by atoms with Crippen molar-refractivity contribution >= 4 is 0 Å². The number of benzene rings is 1. The van der Waals surface area contributed by atoms with E-state index in [1.807, 2.05) is 36.4 Å². The highest BCUT2D eigenvalue weighted by molar-refractivity contribution is 5.56. The first-order valence-corrected chi connectivity index (χ1v) is 7.43. The quantitative estimate of drug-likeness (QED) is 0.732. The van der Waals surface area contributed by atoms with Crippen molar-refractivity contribution in [2.45, 2.75) is 33.2 Å². The summed E-state index contributed by atoms with van der Waals surface area (Å²) in [5.41, 5.74) is 1.96. The maximum absolute atomic E-state index is 9.20. The van der Waals surface area contributed by atoms with Crippen LogP contribution >= 0.6 is 0 Å². The van der Waals surface area contributed by atoms with E-state index in [1.165, 1.54) is 0 Å². The van der Waals surface area contributed by atoms with Crippen LogP contribution in [0.5, 0.6) is 0 Å². The second-order valence-electron chi connectivity index (χ2n) is 6.15. The molecule has 2 aromatic rings. The molecule has 1 aromatic heterocycles. The summed E-state index contributed by atoms with van der Waals surface area (Å²) in [4.78, 5) is 0. The van der Waals surface area contributed by atoms with E-state index >= 15 is 0 Å². The number of hydrogen-bond acceptors (Lipinski definition) is 4. The number of nitrogens with zero attached hydrogens (tertiary/aromatic N) is 1. The van der Waals surface area contributed by atoms with E-state index in [2.05, 4.69) is 24.3 Å². The summed E-state index contributed by atoms with van der Waals surface area (Å²) in [6, 6.07) is 11.9. The van der Waals surface area contributed by atoms with Gasteiger partial charge in [-0.25, -0.2) is 0 Å². The summed E-state index contributed by atoms with van der Waals surface area (Å²) < 4.78 is 5.36. The van der Waals surface area contributed by atoms with Gasteiger partial charge in [0.15, 0.2) is 5.76 Å². The number of rotatable bonds is 8. The molecular formula is C17H24N2O2. The molecule has 4 nitrogen and oxygen atoms in total. The number of nitrogens with one attached hydrogen (secondary N) is 1. The molecule has 21 heavy (non-hydrogen) atoms. The molecule has 0 amide bonds. The lowest BCUT2D eigenvalue weighted by Crippen LogP contribution is -2.21.